The maximum atomic E-state index is 12.9. The van der Waals surface area contributed by atoms with Crippen LogP contribution in [0.25, 0.3) is 0 Å². The minimum atomic E-state index is -0.778. The van der Waals surface area contributed by atoms with Crippen molar-refractivity contribution in [3.63, 3.8) is 0 Å². The van der Waals surface area contributed by atoms with Crippen molar-refractivity contribution < 1.29 is 28.6 Å². The Bertz CT molecular complexity index is 1250. The van der Waals surface area contributed by atoms with Gasteiger partial charge in [-0.3, -0.25) is 14.4 Å². The van der Waals surface area contributed by atoms with E-state index in [0.717, 1.165) is 77.0 Å². The monoisotopic (exact) mass is 1050 g/mol. The molecule has 75 heavy (non-hydrogen) atoms. The Morgan fingerprint density at radius 3 is 0.787 bits per heavy atom. The molecule has 0 amide bonds. The summed E-state index contributed by atoms with van der Waals surface area (Å²) in [6.07, 6.45) is 78.7. The summed E-state index contributed by atoms with van der Waals surface area (Å²) in [6, 6.07) is 0. The summed E-state index contributed by atoms with van der Waals surface area (Å²) in [5, 5.41) is 0. The van der Waals surface area contributed by atoms with E-state index in [0.29, 0.717) is 19.3 Å². The number of hydrogen-bond donors (Lipinski definition) is 0. The molecule has 1 unspecified atom stereocenters. The van der Waals surface area contributed by atoms with Crippen LogP contribution >= 0.6 is 0 Å². The van der Waals surface area contributed by atoms with E-state index in [1.807, 2.05) is 0 Å². The Hall–Kier alpha value is -2.37. The molecule has 0 aromatic heterocycles. The van der Waals surface area contributed by atoms with Gasteiger partial charge >= 0.3 is 17.9 Å². The van der Waals surface area contributed by atoms with Gasteiger partial charge in [0.25, 0.3) is 0 Å². The first-order valence-corrected chi connectivity index (χ1v) is 33.5. The second-order valence-corrected chi connectivity index (χ2v) is 22.7. The molecule has 0 fully saturated rings. The van der Waals surface area contributed by atoms with Crippen LogP contribution in [0.15, 0.2) is 36.5 Å². The van der Waals surface area contributed by atoms with Crippen molar-refractivity contribution in [1.29, 1.82) is 0 Å². The lowest BCUT2D eigenvalue weighted by Crippen LogP contribution is -2.30. The molecule has 0 heterocycles. The number of hydrogen-bond acceptors (Lipinski definition) is 6. The van der Waals surface area contributed by atoms with Crippen molar-refractivity contribution in [3.8, 4) is 0 Å². The lowest BCUT2D eigenvalue weighted by atomic mass is 10.0. The highest BCUT2D eigenvalue weighted by molar-refractivity contribution is 5.71. The largest absolute Gasteiger partial charge is 0.462 e. The summed E-state index contributed by atoms with van der Waals surface area (Å²) in [7, 11) is 0. The van der Waals surface area contributed by atoms with Crippen molar-refractivity contribution in [3.05, 3.63) is 36.5 Å². The molecule has 0 aromatic rings. The van der Waals surface area contributed by atoms with Gasteiger partial charge in [-0.2, -0.15) is 0 Å². The highest BCUT2D eigenvalue weighted by Gasteiger charge is 2.19. The average molecular weight is 1050 g/mol. The zero-order valence-electron chi connectivity index (χ0n) is 50.6. The summed E-state index contributed by atoms with van der Waals surface area (Å²) < 4.78 is 17.0. The molecular weight excluding hydrogens is 925 g/mol. The molecule has 0 N–H and O–H groups in total. The quantitative estimate of drug-likeness (QED) is 0.0261. The van der Waals surface area contributed by atoms with Crippen LogP contribution in [-0.2, 0) is 28.6 Å². The maximum absolute atomic E-state index is 12.9. The molecule has 0 aliphatic carbocycles. The SMILES string of the molecule is CCCC/C=C\C/C=C\CCCCCCCC(=O)OCC(COC(=O)CCCCCCCCCCCCCCCCCCCCCCCC)OC(=O)CCCCCCCCCCC/C=C\CCCCCCCCCC. The Labute approximate surface area is 467 Å². The van der Waals surface area contributed by atoms with E-state index in [1.54, 1.807) is 0 Å². The molecular formula is C69H128O6. The standard InChI is InChI=1S/C69H128O6/c1-4-7-10-13-16-19-22-25-28-30-32-34-36-37-39-41-44-47-50-53-56-59-62-68(71)74-65-66(64-73-67(70)61-58-55-52-49-46-43-27-24-21-18-15-12-9-6-3)75-69(72)63-60-57-54-51-48-45-42-40-38-35-33-31-29-26-23-20-17-14-11-8-5-2/h15,18,24,27,31,33,66H,4-14,16-17,19-23,25-26,28-30,32,34-65H2,1-3H3/b18-15-,27-24-,33-31-. The summed E-state index contributed by atoms with van der Waals surface area (Å²) in [5.74, 6) is -0.864. The smallest absolute Gasteiger partial charge is 0.306 e. The van der Waals surface area contributed by atoms with Gasteiger partial charge < -0.3 is 14.2 Å². The first-order valence-electron chi connectivity index (χ1n) is 33.5. The Morgan fingerprint density at radius 2 is 0.493 bits per heavy atom. The molecule has 0 saturated carbocycles. The van der Waals surface area contributed by atoms with Gasteiger partial charge in [-0.15, -0.1) is 0 Å². The normalized spacial score (nSPS) is 12.2. The van der Waals surface area contributed by atoms with Gasteiger partial charge in [0.1, 0.15) is 13.2 Å². The number of esters is 3. The lowest BCUT2D eigenvalue weighted by molar-refractivity contribution is -0.167. The van der Waals surface area contributed by atoms with Crippen molar-refractivity contribution in [2.45, 2.75) is 374 Å². The molecule has 1 atom stereocenters. The van der Waals surface area contributed by atoms with E-state index < -0.39 is 6.10 Å². The predicted octanol–water partition coefficient (Wildman–Crippen LogP) is 22.8. The van der Waals surface area contributed by atoms with Crippen LogP contribution in [0.1, 0.15) is 367 Å². The van der Waals surface area contributed by atoms with Gasteiger partial charge in [0.15, 0.2) is 6.10 Å². The molecule has 0 aliphatic rings. The third-order valence-corrected chi connectivity index (χ3v) is 15.1. The second kappa shape index (κ2) is 64.2. The van der Waals surface area contributed by atoms with Crippen molar-refractivity contribution in [2.24, 2.45) is 0 Å². The number of rotatable bonds is 62. The Morgan fingerprint density at radius 1 is 0.267 bits per heavy atom. The highest BCUT2D eigenvalue weighted by Crippen LogP contribution is 2.18. The molecule has 6 nitrogen and oxygen atoms in total. The van der Waals surface area contributed by atoms with Crippen LogP contribution in [0.4, 0.5) is 0 Å². The number of carbonyl (C=O) groups excluding carboxylic acids is 3. The van der Waals surface area contributed by atoms with Crippen LogP contribution in [0.5, 0.6) is 0 Å². The molecule has 0 rings (SSSR count). The number of ether oxygens (including phenoxy) is 3. The molecule has 0 radical (unpaired) electrons. The Balaban J connectivity index is 4.29. The van der Waals surface area contributed by atoms with Crippen LogP contribution in [-0.4, -0.2) is 37.2 Å². The summed E-state index contributed by atoms with van der Waals surface area (Å²) in [5.41, 5.74) is 0. The molecule has 440 valence electrons. The topological polar surface area (TPSA) is 78.9 Å². The summed E-state index contributed by atoms with van der Waals surface area (Å²) in [4.78, 5) is 38.4. The minimum Gasteiger partial charge on any atom is -0.462 e. The molecule has 0 saturated heterocycles. The first kappa shape index (κ1) is 72.6. The van der Waals surface area contributed by atoms with Crippen LogP contribution in [0.3, 0.4) is 0 Å². The van der Waals surface area contributed by atoms with Crippen LogP contribution in [0, 0.1) is 0 Å². The van der Waals surface area contributed by atoms with Gasteiger partial charge in [0.2, 0.25) is 0 Å². The number of unbranched alkanes of at least 4 members (excludes halogenated alkanes) is 45. The van der Waals surface area contributed by atoms with E-state index in [-0.39, 0.29) is 31.1 Å². The summed E-state index contributed by atoms with van der Waals surface area (Å²) in [6.45, 7) is 6.65. The second-order valence-electron chi connectivity index (χ2n) is 22.7. The lowest BCUT2D eigenvalue weighted by Gasteiger charge is -2.18. The van der Waals surface area contributed by atoms with Crippen LogP contribution < -0.4 is 0 Å². The maximum Gasteiger partial charge on any atom is 0.306 e. The third kappa shape index (κ3) is 62.4. The van der Waals surface area contributed by atoms with Crippen molar-refractivity contribution in [1.82, 2.24) is 0 Å². The highest BCUT2D eigenvalue weighted by atomic mass is 16.6. The van der Waals surface area contributed by atoms with Gasteiger partial charge in [-0.1, -0.05) is 314 Å². The zero-order chi connectivity index (χ0) is 54.3. The average Bonchev–Trinajstić information content (AvgIpc) is 3.41. The number of carbonyl (C=O) groups is 3. The minimum absolute atomic E-state index is 0.0731. The van der Waals surface area contributed by atoms with Gasteiger partial charge in [-0.05, 0) is 70.6 Å². The fraction of sp³-hybridized carbons (Fsp3) is 0.870. The molecule has 0 aromatic carbocycles. The first-order chi connectivity index (χ1) is 37.0. The molecule has 0 bridgehead atoms. The Kier molecular flexibility index (Phi) is 62.1. The van der Waals surface area contributed by atoms with E-state index in [9.17, 15) is 14.4 Å². The summed E-state index contributed by atoms with van der Waals surface area (Å²) >= 11 is 0. The fourth-order valence-corrected chi connectivity index (χ4v) is 10.0. The molecule has 6 heteroatoms. The number of allylic oxidation sites excluding steroid dienone is 6. The van der Waals surface area contributed by atoms with E-state index in [4.69, 9.17) is 14.2 Å². The third-order valence-electron chi connectivity index (χ3n) is 15.1. The predicted molar refractivity (Wildman–Crippen MR) is 326 cm³/mol. The van der Waals surface area contributed by atoms with Gasteiger partial charge in [-0.25, -0.2) is 0 Å². The molecule has 0 aliphatic heterocycles. The van der Waals surface area contributed by atoms with Gasteiger partial charge in [0.05, 0.1) is 0 Å². The van der Waals surface area contributed by atoms with Crippen molar-refractivity contribution in [2.75, 3.05) is 13.2 Å². The van der Waals surface area contributed by atoms with Gasteiger partial charge in [0, 0.05) is 19.3 Å². The zero-order valence-corrected chi connectivity index (χ0v) is 50.6. The van der Waals surface area contributed by atoms with E-state index in [2.05, 4.69) is 57.2 Å². The van der Waals surface area contributed by atoms with Crippen molar-refractivity contribution >= 4 is 17.9 Å². The van der Waals surface area contributed by atoms with E-state index in [1.165, 1.54) is 250 Å². The van der Waals surface area contributed by atoms with E-state index >= 15 is 0 Å². The van der Waals surface area contributed by atoms with Crippen LogP contribution in [0.2, 0.25) is 0 Å². The fourth-order valence-electron chi connectivity index (χ4n) is 10.0. The molecule has 0 spiro atoms.